The molecule has 1 unspecified atom stereocenters. The molecular formula is C15H18BrNS. The van der Waals surface area contributed by atoms with Gasteiger partial charge in [0.25, 0.3) is 0 Å². The number of fused-ring (bicyclic) bond motifs is 2. The fourth-order valence-corrected chi connectivity index (χ4v) is 4.95. The van der Waals surface area contributed by atoms with Crippen LogP contribution in [0.4, 0.5) is 5.69 Å². The second kappa shape index (κ2) is 4.93. The Morgan fingerprint density at radius 1 is 1.44 bits per heavy atom. The van der Waals surface area contributed by atoms with E-state index in [4.69, 9.17) is 0 Å². The normalized spacial score (nSPS) is 24.6. The molecular weight excluding hydrogens is 306 g/mol. The van der Waals surface area contributed by atoms with Crippen molar-refractivity contribution in [2.45, 2.75) is 30.7 Å². The zero-order valence-electron chi connectivity index (χ0n) is 10.4. The van der Waals surface area contributed by atoms with Gasteiger partial charge in [-0.05, 0) is 54.5 Å². The Bertz CT molecular complexity index is 466. The molecule has 96 valence electrons. The number of rotatable bonds is 2. The van der Waals surface area contributed by atoms with Crippen molar-refractivity contribution in [1.29, 1.82) is 0 Å². The quantitative estimate of drug-likeness (QED) is 0.799. The van der Waals surface area contributed by atoms with E-state index in [-0.39, 0.29) is 0 Å². The second-order valence-corrected chi connectivity index (χ2v) is 7.32. The van der Waals surface area contributed by atoms with Gasteiger partial charge >= 0.3 is 0 Å². The lowest BCUT2D eigenvalue weighted by Crippen LogP contribution is -2.41. The lowest BCUT2D eigenvalue weighted by molar-refractivity contribution is 0.354. The van der Waals surface area contributed by atoms with Gasteiger partial charge < -0.3 is 5.32 Å². The SMILES string of the molecule is C=CCC1Nc2ccc(Br)cc2C12CCSCC2. The van der Waals surface area contributed by atoms with Gasteiger partial charge in [-0.3, -0.25) is 0 Å². The molecule has 2 aliphatic heterocycles. The van der Waals surface area contributed by atoms with Gasteiger partial charge in [-0.1, -0.05) is 22.0 Å². The monoisotopic (exact) mass is 323 g/mol. The summed E-state index contributed by atoms with van der Waals surface area (Å²) in [6.07, 6.45) is 5.68. The number of benzene rings is 1. The van der Waals surface area contributed by atoms with Gasteiger partial charge in [-0.15, -0.1) is 6.58 Å². The maximum absolute atomic E-state index is 3.93. The summed E-state index contributed by atoms with van der Waals surface area (Å²) in [5.41, 5.74) is 3.18. The summed E-state index contributed by atoms with van der Waals surface area (Å²) in [5, 5.41) is 3.72. The second-order valence-electron chi connectivity index (χ2n) is 5.18. The molecule has 3 heteroatoms. The molecule has 1 saturated heterocycles. The van der Waals surface area contributed by atoms with Crippen LogP contribution >= 0.6 is 27.7 Å². The number of hydrogen-bond donors (Lipinski definition) is 1. The predicted octanol–water partition coefficient (Wildman–Crippen LogP) is 4.58. The highest BCUT2D eigenvalue weighted by Gasteiger charge is 2.46. The standard InChI is InChI=1S/C15H18BrNS/c1-2-3-14-15(6-8-18-9-7-15)12-10-11(16)4-5-13(12)17-14/h2,4-5,10,14,17H,1,3,6-9H2. The van der Waals surface area contributed by atoms with E-state index in [0.717, 1.165) is 6.42 Å². The Hall–Kier alpha value is -0.410. The highest BCUT2D eigenvalue weighted by Crippen LogP contribution is 2.50. The number of nitrogens with one attached hydrogen (secondary N) is 1. The van der Waals surface area contributed by atoms with Crippen molar-refractivity contribution in [2.24, 2.45) is 0 Å². The van der Waals surface area contributed by atoms with E-state index in [9.17, 15) is 0 Å². The zero-order chi connectivity index (χ0) is 12.6. The van der Waals surface area contributed by atoms with Crippen LogP contribution in [0.2, 0.25) is 0 Å². The van der Waals surface area contributed by atoms with Gasteiger partial charge in [0, 0.05) is 21.6 Å². The fraction of sp³-hybridized carbons (Fsp3) is 0.467. The third kappa shape index (κ3) is 1.92. The van der Waals surface area contributed by atoms with Crippen molar-refractivity contribution in [3.05, 3.63) is 40.9 Å². The summed E-state index contributed by atoms with van der Waals surface area (Å²) >= 11 is 5.71. The van der Waals surface area contributed by atoms with Crippen LogP contribution in [-0.2, 0) is 5.41 Å². The van der Waals surface area contributed by atoms with Gasteiger partial charge in [-0.25, -0.2) is 0 Å². The largest absolute Gasteiger partial charge is 0.381 e. The molecule has 0 saturated carbocycles. The average molecular weight is 324 g/mol. The van der Waals surface area contributed by atoms with Gasteiger partial charge in [0.15, 0.2) is 0 Å². The maximum atomic E-state index is 3.93. The van der Waals surface area contributed by atoms with E-state index < -0.39 is 0 Å². The molecule has 1 fully saturated rings. The lowest BCUT2D eigenvalue weighted by atomic mass is 9.71. The van der Waals surface area contributed by atoms with Gasteiger partial charge in [-0.2, -0.15) is 11.8 Å². The van der Waals surface area contributed by atoms with Crippen LogP contribution in [0.5, 0.6) is 0 Å². The fourth-order valence-electron chi connectivity index (χ4n) is 3.37. The highest BCUT2D eigenvalue weighted by molar-refractivity contribution is 9.10. The predicted molar refractivity (Wildman–Crippen MR) is 84.6 cm³/mol. The third-order valence-corrected chi connectivity index (χ3v) is 5.78. The zero-order valence-corrected chi connectivity index (χ0v) is 12.8. The number of hydrogen-bond acceptors (Lipinski definition) is 2. The molecule has 0 aromatic heterocycles. The van der Waals surface area contributed by atoms with Crippen LogP contribution < -0.4 is 5.32 Å². The number of halogens is 1. The molecule has 1 nitrogen and oxygen atoms in total. The molecule has 18 heavy (non-hydrogen) atoms. The first-order valence-corrected chi connectivity index (χ1v) is 8.46. The molecule has 1 atom stereocenters. The lowest BCUT2D eigenvalue weighted by Gasteiger charge is -2.38. The topological polar surface area (TPSA) is 12.0 Å². The van der Waals surface area contributed by atoms with Crippen LogP contribution in [0, 0.1) is 0 Å². The molecule has 3 rings (SSSR count). The van der Waals surface area contributed by atoms with E-state index in [1.807, 2.05) is 0 Å². The Kier molecular flexibility index (Phi) is 3.46. The van der Waals surface area contributed by atoms with Crippen LogP contribution in [0.15, 0.2) is 35.3 Å². The minimum Gasteiger partial charge on any atom is -0.381 e. The van der Waals surface area contributed by atoms with E-state index >= 15 is 0 Å². The smallest absolute Gasteiger partial charge is 0.0393 e. The third-order valence-electron chi connectivity index (χ3n) is 4.30. The summed E-state index contributed by atoms with van der Waals surface area (Å²) in [6, 6.07) is 7.20. The molecule has 0 amide bonds. The molecule has 1 spiro atoms. The first-order valence-electron chi connectivity index (χ1n) is 6.51. The minimum absolute atomic E-state index is 0.332. The number of anilines is 1. The van der Waals surface area contributed by atoms with Gasteiger partial charge in [0.1, 0.15) is 0 Å². The van der Waals surface area contributed by atoms with E-state index in [2.05, 4.69) is 63.9 Å². The van der Waals surface area contributed by atoms with E-state index in [0.29, 0.717) is 11.5 Å². The summed E-state index contributed by atoms with van der Waals surface area (Å²) in [5.74, 6) is 2.56. The van der Waals surface area contributed by atoms with Gasteiger partial charge in [0.2, 0.25) is 0 Å². The molecule has 2 heterocycles. The van der Waals surface area contributed by atoms with Crippen molar-refractivity contribution in [1.82, 2.24) is 0 Å². The average Bonchev–Trinajstić information content (AvgIpc) is 2.66. The highest BCUT2D eigenvalue weighted by atomic mass is 79.9. The maximum Gasteiger partial charge on any atom is 0.0393 e. The minimum atomic E-state index is 0.332. The van der Waals surface area contributed by atoms with E-state index in [1.54, 1.807) is 0 Å². The van der Waals surface area contributed by atoms with Crippen LogP contribution in [0.1, 0.15) is 24.8 Å². The van der Waals surface area contributed by atoms with Crippen molar-refractivity contribution in [2.75, 3.05) is 16.8 Å². The van der Waals surface area contributed by atoms with Crippen molar-refractivity contribution in [3.63, 3.8) is 0 Å². The van der Waals surface area contributed by atoms with Crippen LogP contribution in [0.25, 0.3) is 0 Å². The molecule has 1 aromatic carbocycles. The molecule has 0 aliphatic carbocycles. The summed E-state index contributed by atoms with van der Waals surface area (Å²) in [6.45, 7) is 3.93. The van der Waals surface area contributed by atoms with Crippen LogP contribution in [0.3, 0.4) is 0 Å². The van der Waals surface area contributed by atoms with Crippen molar-refractivity contribution in [3.8, 4) is 0 Å². The number of thioether (sulfide) groups is 1. The summed E-state index contributed by atoms with van der Waals surface area (Å²) in [7, 11) is 0. The van der Waals surface area contributed by atoms with E-state index in [1.165, 1.54) is 40.1 Å². The molecule has 0 bridgehead atoms. The summed E-state index contributed by atoms with van der Waals surface area (Å²) in [4.78, 5) is 0. The molecule has 2 aliphatic rings. The summed E-state index contributed by atoms with van der Waals surface area (Å²) < 4.78 is 1.19. The Morgan fingerprint density at radius 3 is 2.94 bits per heavy atom. The Labute approximate surface area is 122 Å². The first kappa shape index (κ1) is 12.6. The molecule has 1 aromatic rings. The molecule has 0 radical (unpaired) electrons. The first-order chi connectivity index (χ1) is 8.76. The Balaban J connectivity index is 2.06. The molecule has 1 N–H and O–H groups in total. The van der Waals surface area contributed by atoms with Gasteiger partial charge in [0.05, 0.1) is 0 Å². The van der Waals surface area contributed by atoms with Crippen molar-refractivity contribution >= 4 is 33.4 Å². The van der Waals surface area contributed by atoms with Crippen molar-refractivity contribution < 1.29 is 0 Å². The van der Waals surface area contributed by atoms with Crippen LogP contribution in [-0.4, -0.2) is 17.5 Å². The Morgan fingerprint density at radius 2 is 2.22 bits per heavy atom.